The van der Waals surface area contributed by atoms with Gasteiger partial charge >= 0.3 is 0 Å². The van der Waals surface area contributed by atoms with Gasteiger partial charge in [-0.25, -0.2) is 4.39 Å². The van der Waals surface area contributed by atoms with Crippen LogP contribution in [0.4, 0.5) is 4.39 Å². The number of fused-ring (bicyclic) bond motifs is 1. The maximum Gasteiger partial charge on any atom is 0.165 e. The molecule has 22 heavy (non-hydrogen) atoms. The van der Waals surface area contributed by atoms with Gasteiger partial charge in [0.2, 0.25) is 0 Å². The fourth-order valence-electron chi connectivity index (χ4n) is 3.97. The molecule has 1 unspecified atom stereocenters. The number of benzene rings is 1. The highest BCUT2D eigenvalue weighted by Crippen LogP contribution is 2.37. The van der Waals surface area contributed by atoms with Gasteiger partial charge in [0.05, 0.1) is 7.11 Å². The predicted molar refractivity (Wildman–Crippen MR) is 85.2 cm³/mol. The molecule has 1 heterocycles. The van der Waals surface area contributed by atoms with E-state index in [1.807, 2.05) is 0 Å². The summed E-state index contributed by atoms with van der Waals surface area (Å²) in [7, 11) is 1.64. The smallest absolute Gasteiger partial charge is 0.165 e. The van der Waals surface area contributed by atoms with Crippen molar-refractivity contribution in [3.05, 3.63) is 23.5 Å². The minimum absolute atomic E-state index is 0.280. The minimum Gasteiger partial charge on any atom is -0.496 e. The van der Waals surface area contributed by atoms with E-state index in [9.17, 15) is 4.39 Å². The zero-order valence-corrected chi connectivity index (χ0v) is 13.6. The van der Waals surface area contributed by atoms with E-state index in [1.54, 1.807) is 13.2 Å². The van der Waals surface area contributed by atoms with Crippen LogP contribution in [0.15, 0.2) is 12.1 Å². The summed E-state index contributed by atoms with van der Waals surface area (Å²) >= 11 is 0. The van der Waals surface area contributed by atoms with Crippen LogP contribution >= 0.6 is 0 Å². The third-order valence-electron chi connectivity index (χ3n) is 4.99. The maximum absolute atomic E-state index is 14.0. The molecule has 0 N–H and O–H groups in total. The van der Waals surface area contributed by atoms with Crippen LogP contribution in [0.1, 0.15) is 44.6 Å². The van der Waals surface area contributed by atoms with Gasteiger partial charge < -0.3 is 9.47 Å². The standard InChI is InChI=1S/C18H26FNO2/c1-3-10-20(13-6-4-5-7-13)14-11-15-17(21-2)9-8-16(19)18(15)22-12-14/h8-9,13-14H,3-7,10-12H2,1-2H3. The largest absolute Gasteiger partial charge is 0.496 e. The molecule has 2 aliphatic rings. The highest BCUT2D eigenvalue weighted by Gasteiger charge is 2.33. The Kier molecular flexibility index (Phi) is 4.87. The van der Waals surface area contributed by atoms with Crippen LogP contribution in [0.3, 0.4) is 0 Å². The SMILES string of the molecule is CCCN(C1CCCC1)C1COc2c(F)ccc(OC)c2C1. The predicted octanol–water partition coefficient (Wildman–Crippen LogP) is 3.79. The molecule has 0 radical (unpaired) electrons. The third-order valence-corrected chi connectivity index (χ3v) is 4.99. The number of methoxy groups -OCH3 is 1. The van der Waals surface area contributed by atoms with Crippen LogP contribution in [0.25, 0.3) is 0 Å². The first-order valence-electron chi connectivity index (χ1n) is 8.48. The fourth-order valence-corrected chi connectivity index (χ4v) is 3.97. The van der Waals surface area contributed by atoms with Crippen LogP contribution in [-0.4, -0.2) is 37.2 Å². The number of rotatable bonds is 5. The molecule has 3 rings (SSSR count). The van der Waals surface area contributed by atoms with Crippen molar-refractivity contribution in [2.24, 2.45) is 0 Å². The van der Waals surface area contributed by atoms with E-state index in [2.05, 4.69) is 11.8 Å². The molecule has 3 nitrogen and oxygen atoms in total. The topological polar surface area (TPSA) is 21.7 Å². The Bertz CT molecular complexity index is 514. The molecule has 1 aliphatic heterocycles. The number of halogens is 1. The zero-order valence-electron chi connectivity index (χ0n) is 13.6. The van der Waals surface area contributed by atoms with Crippen molar-refractivity contribution in [1.82, 2.24) is 4.90 Å². The van der Waals surface area contributed by atoms with Crippen LogP contribution in [-0.2, 0) is 6.42 Å². The van der Waals surface area contributed by atoms with Gasteiger partial charge in [-0.3, -0.25) is 4.90 Å². The highest BCUT2D eigenvalue weighted by atomic mass is 19.1. The van der Waals surface area contributed by atoms with Crippen molar-refractivity contribution in [2.45, 2.75) is 57.5 Å². The van der Waals surface area contributed by atoms with Gasteiger partial charge in [0.15, 0.2) is 11.6 Å². The molecule has 0 spiro atoms. The zero-order chi connectivity index (χ0) is 15.5. The second-order valence-corrected chi connectivity index (χ2v) is 6.40. The lowest BCUT2D eigenvalue weighted by molar-refractivity contribution is 0.0783. The Hall–Kier alpha value is -1.29. The normalized spacial score (nSPS) is 21.7. The summed E-state index contributed by atoms with van der Waals surface area (Å²) in [6.45, 7) is 3.89. The van der Waals surface area contributed by atoms with Gasteiger partial charge in [0.25, 0.3) is 0 Å². The summed E-state index contributed by atoms with van der Waals surface area (Å²) in [5, 5.41) is 0. The van der Waals surface area contributed by atoms with Gasteiger partial charge in [-0.2, -0.15) is 0 Å². The van der Waals surface area contributed by atoms with Crippen LogP contribution in [0, 0.1) is 5.82 Å². The van der Waals surface area contributed by atoms with Crippen LogP contribution in [0.5, 0.6) is 11.5 Å². The van der Waals surface area contributed by atoms with Crippen molar-refractivity contribution in [3.63, 3.8) is 0 Å². The van der Waals surface area contributed by atoms with Gasteiger partial charge in [-0.1, -0.05) is 19.8 Å². The molecule has 0 amide bonds. The molecule has 1 atom stereocenters. The van der Waals surface area contributed by atoms with E-state index < -0.39 is 0 Å². The lowest BCUT2D eigenvalue weighted by Gasteiger charge is -2.39. The molecule has 1 saturated carbocycles. The van der Waals surface area contributed by atoms with Crippen molar-refractivity contribution >= 4 is 0 Å². The lowest BCUT2D eigenvalue weighted by Crippen LogP contribution is -2.48. The van der Waals surface area contributed by atoms with E-state index in [0.29, 0.717) is 24.4 Å². The molecule has 0 aromatic heterocycles. The number of hydrogen-bond donors (Lipinski definition) is 0. The summed E-state index contributed by atoms with van der Waals surface area (Å²) in [6.07, 6.45) is 7.17. The molecule has 122 valence electrons. The molecule has 0 saturated heterocycles. The van der Waals surface area contributed by atoms with E-state index in [0.717, 1.165) is 30.7 Å². The summed E-state index contributed by atoms with van der Waals surface area (Å²) in [5.41, 5.74) is 0.887. The number of ether oxygens (including phenoxy) is 2. The Morgan fingerprint density at radius 3 is 2.73 bits per heavy atom. The van der Waals surface area contributed by atoms with Crippen molar-refractivity contribution < 1.29 is 13.9 Å². The Morgan fingerprint density at radius 2 is 2.05 bits per heavy atom. The van der Waals surface area contributed by atoms with E-state index >= 15 is 0 Å². The third kappa shape index (κ3) is 2.94. The van der Waals surface area contributed by atoms with Gasteiger partial charge in [0, 0.05) is 17.6 Å². The second-order valence-electron chi connectivity index (χ2n) is 6.40. The van der Waals surface area contributed by atoms with E-state index in [1.165, 1.54) is 31.7 Å². The first-order chi connectivity index (χ1) is 10.7. The van der Waals surface area contributed by atoms with Gasteiger partial charge in [-0.15, -0.1) is 0 Å². The van der Waals surface area contributed by atoms with Crippen molar-refractivity contribution in [1.29, 1.82) is 0 Å². The lowest BCUT2D eigenvalue weighted by atomic mass is 9.98. The Balaban J connectivity index is 1.83. The molecule has 0 bridgehead atoms. The first kappa shape index (κ1) is 15.6. The van der Waals surface area contributed by atoms with E-state index in [-0.39, 0.29) is 5.82 Å². The molecule has 1 aromatic carbocycles. The minimum atomic E-state index is -0.280. The highest BCUT2D eigenvalue weighted by molar-refractivity contribution is 5.47. The summed E-state index contributed by atoms with van der Waals surface area (Å²) < 4.78 is 25.2. The molecule has 1 fully saturated rings. The van der Waals surface area contributed by atoms with Crippen molar-refractivity contribution in [2.75, 3.05) is 20.3 Å². The van der Waals surface area contributed by atoms with Crippen LogP contribution < -0.4 is 9.47 Å². The maximum atomic E-state index is 14.0. The molecule has 1 aliphatic carbocycles. The quantitative estimate of drug-likeness (QED) is 0.826. The average Bonchev–Trinajstić information content (AvgIpc) is 3.07. The molecule has 4 heteroatoms. The average molecular weight is 307 g/mol. The van der Waals surface area contributed by atoms with Crippen molar-refractivity contribution in [3.8, 4) is 11.5 Å². The molecule has 1 aromatic rings. The first-order valence-corrected chi connectivity index (χ1v) is 8.48. The Labute approximate surface area is 132 Å². The monoisotopic (exact) mass is 307 g/mol. The summed E-state index contributed by atoms with van der Waals surface area (Å²) in [5.74, 6) is 0.847. The Morgan fingerprint density at radius 1 is 1.27 bits per heavy atom. The molecular formula is C18H26FNO2. The fraction of sp³-hybridized carbons (Fsp3) is 0.667. The van der Waals surface area contributed by atoms with Crippen LogP contribution in [0.2, 0.25) is 0 Å². The van der Waals surface area contributed by atoms with Gasteiger partial charge in [0.1, 0.15) is 12.4 Å². The number of hydrogen-bond acceptors (Lipinski definition) is 3. The van der Waals surface area contributed by atoms with Gasteiger partial charge in [-0.05, 0) is 44.4 Å². The second kappa shape index (κ2) is 6.86. The number of nitrogens with zero attached hydrogens (tertiary/aromatic N) is 1. The molecular weight excluding hydrogens is 281 g/mol. The summed E-state index contributed by atoms with van der Waals surface area (Å²) in [4.78, 5) is 2.60. The summed E-state index contributed by atoms with van der Waals surface area (Å²) in [6, 6.07) is 4.12. The van der Waals surface area contributed by atoms with E-state index in [4.69, 9.17) is 9.47 Å².